The minimum absolute atomic E-state index is 0.204. The molecule has 140 valence electrons. The van der Waals surface area contributed by atoms with Gasteiger partial charge < -0.3 is 14.5 Å². The van der Waals surface area contributed by atoms with Gasteiger partial charge in [-0.25, -0.2) is 9.78 Å². The summed E-state index contributed by atoms with van der Waals surface area (Å²) < 4.78 is 10.5. The van der Waals surface area contributed by atoms with Crippen LogP contribution in [0.2, 0.25) is 0 Å². The molecule has 1 heterocycles. The van der Waals surface area contributed by atoms with E-state index in [1.807, 2.05) is 30.3 Å². The molecule has 1 atom stereocenters. The topological polar surface area (TPSA) is 81.4 Å². The van der Waals surface area contributed by atoms with E-state index in [4.69, 9.17) is 9.15 Å². The second-order valence-electron chi connectivity index (χ2n) is 6.12. The Kier molecular flexibility index (Phi) is 7.86. The van der Waals surface area contributed by atoms with Crippen LogP contribution in [0, 0.1) is 0 Å². The van der Waals surface area contributed by atoms with E-state index in [0.29, 0.717) is 24.5 Å². The molecule has 1 N–H and O–H groups in total. The first-order valence-electron chi connectivity index (χ1n) is 9.01. The largest absolute Gasteiger partial charge is 0.467 e. The Hall–Kier alpha value is -2.63. The van der Waals surface area contributed by atoms with Crippen LogP contribution in [0.25, 0.3) is 11.3 Å². The van der Waals surface area contributed by atoms with Crippen LogP contribution < -0.4 is 5.32 Å². The summed E-state index contributed by atoms with van der Waals surface area (Å²) in [5.74, 6) is 0.556. The van der Waals surface area contributed by atoms with E-state index in [2.05, 4.69) is 17.2 Å². The van der Waals surface area contributed by atoms with Crippen LogP contribution in [-0.4, -0.2) is 30.0 Å². The standard InChI is InChI=1S/C20H26N2O4/c1-3-4-6-11-16(20(24)25-2)22-18(23)12-13-19-21-14-17(26-19)15-9-7-5-8-10-15/h5,7-10,14,16H,3-4,6,11-13H2,1-2H3,(H,22,23)/t16-/m1/s1. The van der Waals surface area contributed by atoms with Crippen LogP contribution in [0.5, 0.6) is 0 Å². The molecule has 0 bridgehead atoms. The zero-order valence-electron chi connectivity index (χ0n) is 15.4. The van der Waals surface area contributed by atoms with E-state index in [-0.39, 0.29) is 12.3 Å². The first-order valence-corrected chi connectivity index (χ1v) is 9.01. The number of unbranched alkanes of at least 4 members (excludes halogenated alkanes) is 2. The van der Waals surface area contributed by atoms with Crippen molar-refractivity contribution in [2.45, 2.75) is 51.5 Å². The molecule has 1 aromatic carbocycles. The molecule has 0 aliphatic heterocycles. The van der Waals surface area contributed by atoms with Gasteiger partial charge in [0.2, 0.25) is 5.91 Å². The minimum atomic E-state index is -0.594. The average molecular weight is 358 g/mol. The van der Waals surface area contributed by atoms with Crippen LogP contribution in [0.15, 0.2) is 40.9 Å². The van der Waals surface area contributed by atoms with Crippen molar-refractivity contribution in [2.75, 3.05) is 7.11 Å². The lowest BCUT2D eigenvalue weighted by Gasteiger charge is -2.16. The summed E-state index contributed by atoms with van der Waals surface area (Å²) >= 11 is 0. The Labute approximate surface area is 154 Å². The van der Waals surface area contributed by atoms with Gasteiger partial charge in [-0.15, -0.1) is 0 Å². The van der Waals surface area contributed by atoms with Crippen LogP contribution in [-0.2, 0) is 20.7 Å². The van der Waals surface area contributed by atoms with E-state index >= 15 is 0 Å². The average Bonchev–Trinajstić information content (AvgIpc) is 3.15. The highest BCUT2D eigenvalue weighted by atomic mass is 16.5. The van der Waals surface area contributed by atoms with Gasteiger partial charge in [0, 0.05) is 18.4 Å². The second kappa shape index (κ2) is 10.4. The van der Waals surface area contributed by atoms with E-state index in [0.717, 1.165) is 24.8 Å². The van der Waals surface area contributed by atoms with Gasteiger partial charge in [-0.2, -0.15) is 0 Å². The molecule has 26 heavy (non-hydrogen) atoms. The number of ether oxygens (including phenoxy) is 1. The predicted molar refractivity (Wildman–Crippen MR) is 98.3 cm³/mol. The van der Waals surface area contributed by atoms with Gasteiger partial charge in [-0.1, -0.05) is 56.5 Å². The van der Waals surface area contributed by atoms with Crippen molar-refractivity contribution < 1.29 is 18.7 Å². The summed E-state index contributed by atoms with van der Waals surface area (Å²) in [6.07, 6.45) is 5.76. The van der Waals surface area contributed by atoms with Crippen LogP contribution in [0.4, 0.5) is 0 Å². The smallest absolute Gasteiger partial charge is 0.328 e. The third-order valence-electron chi connectivity index (χ3n) is 4.10. The van der Waals surface area contributed by atoms with Crippen molar-refractivity contribution >= 4 is 11.9 Å². The maximum atomic E-state index is 12.2. The molecule has 2 rings (SSSR count). The normalized spacial score (nSPS) is 11.8. The van der Waals surface area contributed by atoms with Gasteiger partial charge in [-0.3, -0.25) is 4.79 Å². The summed E-state index contributed by atoms with van der Waals surface area (Å²) in [5.41, 5.74) is 0.942. The maximum Gasteiger partial charge on any atom is 0.328 e. The number of methoxy groups -OCH3 is 1. The highest BCUT2D eigenvalue weighted by Crippen LogP contribution is 2.20. The van der Waals surface area contributed by atoms with Crippen molar-refractivity contribution in [2.24, 2.45) is 0 Å². The lowest BCUT2D eigenvalue weighted by molar-refractivity contribution is -0.145. The summed E-state index contributed by atoms with van der Waals surface area (Å²) in [7, 11) is 1.33. The highest BCUT2D eigenvalue weighted by Gasteiger charge is 2.21. The number of oxazole rings is 1. The van der Waals surface area contributed by atoms with Gasteiger partial charge in [0.15, 0.2) is 11.7 Å². The fourth-order valence-corrected chi connectivity index (χ4v) is 2.64. The summed E-state index contributed by atoms with van der Waals surface area (Å²) in [6.45, 7) is 2.09. The number of nitrogens with one attached hydrogen (secondary N) is 1. The number of amides is 1. The molecule has 6 nitrogen and oxygen atoms in total. The molecular weight excluding hydrogens is 332 g/mol. The molecule has 0 aliphatic rings. The molecular formula is C20H26N2O4. The molecule has 1 aromatic heterocycles. The zero-order chi connectivity index (χ0) is 18.8. The van der Waals surface area contributed by atoms with Gasteiger partial charge >= 0.3 is 5.97 Å². The molecule has 0 unspecified atom stereocenters. The van der Waals surface area contributed by atoms with E-state index in [1.54, 1.807) is 6.20 Å². The lowest BCUT2D eigenvalue weighted by atomic mass is 10.1. The molecule has 0 saturated heterocycles. The first-order chi connectivity index (χ1) is 12.6. The number of hydrogen-bond acceptors (Lipinski definition) is 5. The van der Waals surface area contributed by atoms with Crippen molar-refractivity contribution in [3.8, 4) is 11.3 Å². The number of nitrogens with zero attached hydrogens (tertiary/aromatic N) is 1. The molecule has 0 saturated carbocycles. The van der Waals surface area contributed by atoms with Crippen molar-refractivity contribution in [3.05, 3.63) is 42.4 Å². The van der Waals surface area contributed by atoms with Gasteiger partial charge in [0.25, 0.3) is 0 Å². The summed E-state index contributed by atoms with van der Waals surface area (Å²) in [5, 5.41) is 2.75. The Bertz CT molecular complexity index is 697. The number of aromatic nitrogens is 1. The Morgan fingerprint density at radius 3 is 2.69 bits per heavy atom. The van der Waals surface area contributed by atoms with Crippen molar-refractivity contribution in [1.29, 1.82) is 0 Å². The highest BCUT2D eigenvalue weighted by molar-refractivity contribution is 5.84. The number of benzene rings is 1. The number of hydrogen-bond donors (Lipinski definition) is 1. The second-order valence-corrected chi connectivity index (χ2v) is 6.12. The third kappa shape index (κ3) is 6.02. The number of esters is 1. The van der Waals surface area contributed by atoms with E-state index in [9.17, 15) is 9.59 Å². The Morgan fingerprint density at radius 2 is 2.00 bits per heavy atom. The van der Waals surface area contributed by atoms with Crippen molar-refractivity contribution in [3.63, 3.8) is 0 Å². The zero-order valence-corrected chi connectivity index (χ0v) is 15.4. The van der Waals surface area contributed by atoms with Gasteiger partial charge in [0.05, 0.1) is 13.3 Å². The number of carbonyl (C=O) groups is 2. The Balaban J connectivity index is 1.85. The number of carbonyl (C=O) groups excluding carboxylic acids is 2. The molecule has 2 aromatic rings. The van der Waals surface area contributed by atoms with E-state index in [1.165, 1.54) is 7.11 Å². The van der Waals surface area contributed by atoms with Crippen LogP contribution in [0.1, 0.15) is 44.9 Å². The fourth-order valence-electron chi connectivity index (χ4n) is 2.64. The summed E-state index contributed by atoms with van der Waals surface area (Å²) in [4.78, 5) is 28.2. The molecule has 0 spiro atoms. The maximum absolute atomic E-state index is 12.2. The Morgan fingerprint density at radius 1 is 1.23 bits per heavy atom. The molecule has 6 heteroatoms. The predicted octanol–water partition coefficient (Wildman–Crippen LogP) is 3.51. The molecule has 0 aliphatic carbocycles. The number of aryl methyl sites for hydroxylation is 1. The van der Waals surface area contributed by atoms with Gasteiger partial charge in [0.1, 0.15) is 6.04 Å². The van der Waals surface area contributed by atoms with Crippen LogP contribution >= 0.6 is 0 Å². The lowest BCUT2D eigenvalue weighted by Crippen LogP contribution is -2.41. The summed E-state index contributed by atoms with van der Waals surface area (Å²) in [6, 6.07) is 9.07. The van der Waals surface area contributed by atoms with Gasteiger partial charge in [-0.05, 0) is 6.42 Å². The third-order valence-corrected chi connectivity index (χ3v) is 4.10. The SMILES string of the molecule is CCCCC[C@@H](NC(=O)CCc1ncc(-c2ccccc2)o1)C(=O)OC. The van der Waals surface area contributed by atoms with Crippen molar-refractivity contribution in [1.82, 2.24) is 10.3 Å². The van der Waals surface area contributed by atoms with E-state index < -0.39 is 12.0 Å². The fraction of sp³-hybridized carbons (Fsp3) is 0.450. The monoisotopic (exact) mass is 358 g/mol. The molecule has 0 fully saturated rings. The minimum Gasteiger partial charge on any atom is -0.467 e. The first kappa shape index (κ1) is 19.7. The molecule has 1 amide bonds. The quantitative estimate of drug-likeness (QED) is 0.519. The van der Waals surface area contributed by atoms with Crippen LogP contribution in [0.3, 0.4) is 0 Å². The molecule has 0 radical (unpaired) electrons. The number of rotatable bonds is 10.